The van der Waals surface area contributed by atoms with E-state index in [4.69, 9.17) is 9.72 Å². The summed E-state index contributed by atoms with van der Waals surface area (Å²) >= 11 is 1.74. The minimum absolute atomic E-state index is 0.101. The molecule has 2 aromatic carbocycles. The second-order valence-corrected chi connectivity index (χ2v) is 8.22. The van der Waals surface area contributed by atoms with E-state index >= 15 is 0 Å². The van der Waals surface area contributed by atoms with Crippen LogP contribution in [0.5, 0.6) is 0 Å². The number of aromatic nitrogens is 1. The summed E-state index contributed by atoms with van der Waals surface area (Å²) in [6.07, 6.45) is 0.848. The SMILES string of the molecule is Cc1ccc2sc(CN(Cc3ccccc3)C3(CO)CCOC3)nc2c1. The van der Waals surface area contributed by atoms with Gasteiger partial charge in [-0.25, -0.2) is 4.98 Å². The molecule has 3 aromatic rings. The van der Waals surface area contributed by atoms with Crippen molar-refractivity contribution in [3.05, 3.63) is 64.7 Å². The third kappa shape index (κ3) is 3.53. The minimum Gasteiger partial charge on any atom is -0.394 e. The molecule has 5 heteroatoms. The molecular weight excluding hydrogens is 344 g/mol. The monoisotopic (exact) mass is 368 g/mol. The molecule has 0 aliphatic carbocycles. The lowest BCUT2D eigenvalue weighted by Crippen LogP contribution is -2.51. The molecule has 1 aliphatic rings. The summed E-state index contributed by atoms with van der Waals surface area (Å²) in [4.78, 5) is 7.19. The van der Waals surface area contributed by atoms with Crippen LogP contribution in [0, 0.1) is 6.92 Å². The number of hydrogen-bond donors (Lipinski definition) is 1. The Hall–Kier alpha value is -1.79. The zero-order chi connectivity index (χ0) is 18.0. The molecule has 1 atom stereocenters. The number of aryl methyl sites for hydroxylation is 1. The molecule has 0 radical (unpaired) electrons. The van der Waals surface area contributed by atoms with Gasteiger partial charge in [0, 0.05) is 13.2 Å². The molecule has 1 saturated heterocycles. The Bertz CT molecular complexity index is 872. The number of ether oxygens (including phenoxy) is 1. The van der Waals surface area contributed by atoms with Crippen molar-refractivity contribution in [1.29, 1.82) is 0 Å². The average Bonchev–Trinajstić information content (AvgIpc) is 3.29. The summed E-state index contributed by atoms with van der Waals surface area (Å²) in [5.41, 5.74) is 3.20. The third-order valence-electron chi connectivity index (χ3n) is 5.18. The van der Waals surface area contributed by atoms with Crippen LogP contribution >= 0.6 is 11.3 Å². The largest absolute Gasteiger partial charge is 0.394 e. The summed E-state index contributed by atoms with van der Waals surface area (Å²) < 4.78 is 6.88. The predicted octanol–water partition coefficient (Wildman–Crippen LogP) is 3.76. The van der Waals surface area contributed by atoms with Crippen LogP contribution in [0.4, 0.5) is 0 Å². The standard InChI is InChI=1S/C21H24N2O2S/c1-16-7-8-19-18(11-16)22-20(26-19)13-23(12-17-5-3-2-4-6-17)21(14-24)9-10-25-15-21/h2-8,11,24H,9-10,12-15H2,1H3. The minimum atomic E-state index is -0.330. The van der Waals surface area contributed by atoms with E-state index in [1.54, 1.807) is 11.3 Å². The molecule has 0 saturated carbocycles. The zero-order valence-corrected chi connectivity index (χ0v) is 15.8. The smallest absolute Gasteiger partial charge is 0.108 e. The number of thiazole rings is 1. The summed E-state index contributed by atoms with van der Waals surface area (Å²) in [6, 6.07) is 16.8. The van der Waals surface area contributed by atoms with Gasteiger partial charge >= 0.3 is 0 Å². The Morgan fingerprint density at radius 2 is 2.04 bits per heavy atom. The highest BCUT2D eigenvalue weighted by atomic mass is 32.1. The quantitative estimate of drug-likeness (QED) is 0.720. The molecule has 1 fully saturated rings. The van der Waals surface area contributed by atoms with Gasteiger partial charge in [0.05, 0.1) is 35.5 Å². The maximum atomic E-state index is 10.2. The van der Waals surface area contributed by atoms with Crippen molar-refractivity contribution in [3.63, 3.8) is 0 Å². The van der Waals surface area contributed by atoms with Crippen LogP contribution in [0.3, 0.4) is 0 Å². The van der Waals surface area contributed by atoms with Crippen molar-refractivity contribution < 1.29 is 9.84 Å². The van der Waals surface area contributed by atoms with Crippen molar-refractivity contribution in [2.24, 2.45) is 0 Å². The Labute approximate surface area is 158 Å². The number of rotatable bonds is 6. The Kier molecular flexibility index (Phi) is 5.05. The van der Waals surface area contributed by atoms with E-state index in [-0.39, 0.29) is 12.1 Å². The number of benzene rings is 2. The fourth-order valence-electron chi connectivity index (χ4n) is 3.58. The predicted molar refractivity (Wildman–Crippen MR) is 105 cm³/mol. The van der Waals surface area contributed by atoms with Crippen LogP contribution in [0.25, 0.3) is 10.2 Å². The van der Waals surface area contributed by atoms with Crippen LogP contribution in [0.2, 0.25) is 0 Å². The van der Waals surface area contributed by atoms with E-state index in [1.807, 2.05) is 6.07 Å². The number of aliphatic hydroxyl groups is 1. The van der Waals surface area contributed by atoms with Gasteiger partial charge in [-0.2, -0.15) is 0 Å². The van der Waals surface area contributed by atoms with Gasteiger partial charge in [0.15, 0.2) is 0 Å². The highest BCUT2D eigenvalue weighted by Crippen LogP contribution is 2.31. The van der Waals surface area contributed by atoms with Crippen LogP contribution < -0.4 is 0 Å². The number of aliphatic hydroxyl groups excluding tert-OH is 1. The second-order valence-electron chi connectivity index (χ2n) is 7.11. The third-order valence-corrected chi connectivity index (χ3v) is 6.20. The summed E-state index contributed by atoms with van der Waals surface area (Å²) in [7, 11) is 0. The average molecular weight is 369 g/mol. The van der Waals surface area contributed by atoms with Gasteiger partial charge in [-0.15, -0.1) is 11.3 Å². The van der Waals surface area contributed by atoms with Crippen LogP contribution in [-0.2, 0) is 17.8 Å². The van der Waals surface area contributed by atoms with Crippen molar-refractivity contribution in [2.45, 2.75) is 32.0 Å². The Morgan fingerprint density at radius 3 is 2.77 bits per heavy atom. The normalized spacial score (nSPS) is 20.3. The lowest BCUT2D eigenvalue weighted by molar-refractivity contribution is 0.00764. The molecule has 1 unspecified atom stereocenters. The van der Waals surface area contributed by atoms with Gasteiger partial charge in [-0.1, -0.05) is 36.4 Å². The van der Waals surface area contributed by atoms with Crippen molar-refractivity contribution in [1.82, 2.24) is 9.88 Å². The van der Waals surface area contributed by atoms with E-state index in [0.717, 1.165) is 30.0 Å². The van der Waals surface area contributed by atoms with Crippen molar-refractivity contribution in [2.75, 3.05) is 19.8 Å². The van der Waals surface area contributed by atoms with Gasteiger partial charge < -0.3 is 9.84 Å². The van der Waals surface area contributed by atoms with Crippen molar-refractivity contribution >= 4 is 21.6 Å². The Balaban J connectivity index is 1.65. The number of hydrogen-bond acceptors (Lipinski definition) is 5. The molecule has 0 spiro atoms. The molecule has 26 heavy (non-hydrogen) atoms. The molecule has 136 valence electrons. The van der Waals surface area contributed by atoms with E-state index < -0.39 is 0 Å². The molecule has 2 heterocycles. The van der Waals surface area contributed by atoms with Crippen LogP contribution in [-0.4, -0.2) is 40.3 Å². The van der Waals surface area contributed by atoms with Crippen LogP contribution in [0.1, 0.15) is 22.6 Å². The fourth-order valence-corrected chi connectivity index (χ4v) is 4.55. The highest BCUT2D eigenvalue weighted by molar-refractivity contribution is 7.18. The number of fused-ring (bicyclic) bond motifs is 1. The van der Waals surface area contributed by atoms with Gasteiger partial charge in [0.2, 0.25) is 0 Å². The van der Waals surface area contributed by atoms with E-state index in [9.17, 15) is 5.11 Å². The molecule has 1 aliphatic heterocycles. The topological polar surface area (TPSA) is 45.6 Å². The van der Waals surface area contributed by atoms with Crippen LogP contribution in [0.15, 0.2) is 48.5 Å². The van der Waals surface area contributed by atoms with Gasteiger partial charge in [-0.05, 0) is 36.6 Å². The van der Waals surface area contributed by atoms with Gasteiger partial charge in [0.1, 0.15) is 5.01 Å². The fraction of sp³-hybridized carbons (Fsp3) is 0.381. The maximum absolute atomic E-state index is 10.2. The summed E-state index contributed by atoms with van der Waals surface area (Å²) in [6.45, 7) is 4.96. The lowest BCUT2D eigenvalue weighted by Gasteiger charge is -2.38. The van der Waals surface area contributed by atoms with Crippen molar-refractivity contribution in [3.8, 4) is 0 Å². The molecule has 0 bridgehead atoms. The second kappa shape index (κ2) is 7.45. The molecular formula is C21H24N2O2S. The highest BCUT2D eigenvalue weighted by Gasteiger charge is 2.40. The summed E-state index contributed by atoms with van der Waals surface area (Å²) in [5, 5.41) is 11.3. The first-order valence-electron chi connectivity index (χ1n) is 9.02. The number of nitrogens with zero attached hydrogens (tertiary/aromatic N) is 2. The molecule has 1 N–H and O–H groups in total. The first kappa shape index (κ1) is 17.6. The first-order valence-corrected chi connectivity index (χ1v) is 9.84. The van der Waals surface area contributed by atoms with E-state index in [2.05, 4.69) is 54.3 Å². The zero-order valence-electron chi connectivity index (χ0n) is 15.0. The van der Waals surface area contributed by atoms with Gasteiger partial charge in [0.25, 0.3) is 0 Å². The maximum Gasteiger partial charge on any atom is 0.108 e. The Morgan fingerprint density at radius 1 is 1.19 bits per heavy atom. The summed E-state index contributed by atoms with van der Waals surface area (Å²) in [5.74, 6) is 0. The van der Waals surface area contributed by atoms with E-state index in [0.29, 0.717) is 13.2 Å². The first-order chi connectivity index (χ1) is 12.7. The lowest BCUT2D eigenvalue weighted by atomic mass is 9.96. The molecule has 1 aromatic heterocycles. The van der Waals surface area contributed by atoms with Gasteiger partial charge in [-0.3, -0.25) is 4.90 Å². The molecule has 0 amide bonds. The van der Waals surface area contributed by atoms with E-state index in [1.165, 1.54) is 15.8 Å². The molecule has 4 rings (SSSR count). The molecule has 4 nitrogen and oxygen atoms in total.